The van der Waals surface area contributed by atoms with Gasteiger partial charge in [0.2, 0.25) is 5.91 Å². The molecular formula is C16H21NO4. The maximum Gasteiger partial charge on any atom is 0.306 e. The summed E-state index contributed by atoms with van der Waals surface area (Å²) in [7, 11) is 0. The van der Waals surface area contributed by atoms with Crippen molar-refractivity contribution in [1.82, 2.24) is 0 Å². The monoisotopic (exact) mass is 291 g/mol. The number of amides is 1. The Balaban J connectivity index is 1.62. The summed E-state index contributed by atoms with van der Waals surface area (Å²) in [6.45, 7) is 0.376. The van der Waals surface area contributed by atoms with Crippen molar-refractivity contribution in [3.63, 3.8) is 0 Å². The van der Waals surface area contributed by atoms with E-state index < -0.39 is 5.97 Å². The second kappa shape index (κ2) is 7.78. The number of carbonyl (C=O) groups excluding carboxylic acids is 1. The zero-order valence-corrected chi connectivity index (χ0v) is 12.0. The fourth-order valence-electron chi connectivity index (χ4n) is 2.54. The molecule has 1 aliphatic rings. The van der Waals surface area contributed by atoms with Gasteiger partial charge in [0.1, 0.15) is 0 Å². The molecule has 114 valence electrons. The molecule has 2 rings (SSSR count). The molecule has 1 aromatic carbocycles. The van der Waals surface area contributed by atoms with Crippen LogP contribution in [0, 0.1) is 5.92 Å². The topological polar surface area (TPSA) is 75.6 Å². The third-order valence-corrected chi connectivity index (χ3v) is 3.76. The van der Waals surface area contributed by atoms with Gasteiger partial charge in [-0.25, -0.2) is 0 Å². The molecule has 21 heavy (non-hydrogen) atoms. The number of nitrogens with one attached hydrogen (secondary N) is 1. The van der Waals surface area contributed by atoms with E-state index in [4.69, 9.17) is 9.84 Å². The quantitative estimate of drug-likeness (QED) is 0.845. The number of hydrogen-bond acceptors (Lipinski definition) is 3. The summed E-state index contributed by atoms with van der Waals surface area (Å²) in [6.07, 6.45) is 3.25. The van der Waals surface area contributed by atoms with Gasteiger partial charge in [-0.3, -0.25) is 9.59 Å². The smallest absolute Gasteiger partial charge is 0.306 e. The molecule has 5 nitrogen and oxygen atoms in total. The molecule has 0 saturated heterocycles. The van der Waals surface area contributed by atoms with Crippen molar-refractivity contribution in [2.75, 3.05) is 11.9 Å². The fourth-order valence-corrected chi connectivity index (χ4v) is 2.54. The van der Waals surface area contributed by atoms with Crippen molar-refractivity contribution in [2.24, 2.45) is 5.92 Å². The Morgan fingerprint density at radius 2 is 1.81 bits per heavy atom. The van der Waals surface area contributed by atoms with Gasteiger partial charge in [-0.15, -0.1) is 0 Å². The van der Waals surface area contributed by atoms with E-state index in [2.05, 4.69) is 5.32 Å². The van der Waals surface area contributed by atoms with Crippen molar-refractivity contribution in [3.8, 4) is 0 Å². The van der Waals surface area contributed by atoms with E-state index in [1.807, 2.05) is 30.3 Å². The lowest BCUT2D eigenvalue weighted by Crippen LogP contribution is -2.27. The lowest BCUT2D eigenvalue weighted by molar-refractivity contribution is -0.143. The molecule has 0 aliphatic heterocycles. The number of aliphatic carboxylic acids is 1. The van der Waals surface area contributed by atoms with Gasteiger partial charge in [-0.05, 0) is 37.8 Å². The van der Waals surface area contributed by atoms with Crippen LogP contribution in [0.2, 0.25) is 0 Å². The van der Waals surface area contributed by atoms with E-state index >= 15 is 0 Å². The Bertz CT molecular complexity index is 466. The highest BCUT2D eigenvalue weighted by Crippen LogP contribution is 2.26. The highest BCUT2D eigenvalue weighted by atomic mass is 16.5. The summed E-state index contributed by atoms with van der Waals surface area (Å²) >= 11 is 0. The molecular weight excluding hydrogens is 270 g/mol. The minimum Gasteiger partial charge on any atom is -0.481 e. The first-order valence-electron chi connectivity index (χ1n) is 7.34. The molecule has 1 saturated carbocycles. The molecule has 1 aliphatic carbocycles. The summed E-state index contributed by atoms with van der Waals surface area (Å²) in [5.74, 6) is -1.01. The normalized spacial score (nSPS) is 21.7. The van der Waals surface area contributed by atoms with Crippen molar-refractivity contribution in [3.05, 3.63) is 30.3 Å². The van der Waals surface area contributed by atoms with Crippen LogP contribution in [-0.2, 0) is 14.3 Å². The van der Waals surface area contributed by atoms with Crippen LogP contribution in [0.15, 0.2) is 30.3 Å². The number of para-hydroxylation sites is 1. The van der Waals surface area contributed by atoms with E-state index in [1.165, 1.54) is 0 Å². The Morgan fingerprint density at radius 3 is 2.43 bits per heavy atom. The van der Waals surface area contributed by atoms with Gasteiger partial charge in [0, 0.05) is 5.69 Å². The zero-order valence-electron chi connectivity index (χ0n) is 12.0. The molecule has 0 unspecified atom stereocenters. The van der Waals surface area contributed by atoms with Gasteiger partial charge < -0.3 is 15.2 Å². The molecule has 0 spiro atoms. The summed E-state index contributed by atoms with van der Waals surface area (Å²) in [4.78, 5) is 22.6. The Labute approximate surface area is 124 Å². The third kappa shape index (κ3) is 5.19. The van der Waals surface area contributed by atoms with Crippen molar-refractivity contribution in [1.29, 1.82) is 0 Å². The number of ether oxygens (including phenoxy) is 1. The molecule has 0 bridgehead atoms. The number of benzene rings is 1. The highest BCUT2D eigenvalue weighted by molar-refractivity contribution is 5.90. The molecule has 1 fully saturated rings. The Kier molecular flexibility index (Phi) is 5.75. The Morgan fingerprint density at radius 1 is 1.14 bits per heavy atom. The molecule has 0 radical (unpaired) electrons. The second-order valence-electron chi connectivity index (χ2n) is 5.35. The lowest BCUT2D eigenvalue weighted by atomic mass is 9.87. The molecule has 1 aromatic rings. The maximum absolute atomic E-state index is 11.7. The first-order valence-corrected chi connectivity index (χ1v) is 7.34. The van der Waals surface area contributed by atoms with Crippen LogP contribution in [0.5, 0.6) is 0 Å². The van der Waals surface area contributed by atoms with Crippen LogP contribution in [0.4, 0.5) is 5.69 Å². The lowest BCUT2D eigenvalue weighted by Gasteiger charge is -2.26. The average Bonchev–Trinajstić information content (AvgIpc) is 2.49. The van der Waals surface area contributed by atoms with Gasteiger partial charge >= 0.3 is 5.97 Å². The molecule has 5 heteroatoms. The van der Waals surface area contributed by atoms with Gasteiger partial charge in [-0.1, -0.05) is 18.2 Å². The van der Waals surface area contributed by atoms with Crippen LogP contribution in [0.1, 0.15) is 32.1 Å². The van der Waals surface area contributed by atoms with E-state index in [0.717, 1.165) is 18.5 Å². The number of anilines is 1. The SMILES string of the molecule is O=C(CCOC1CCC(C(=O)O)CC1)Nc1ccccc1. The summed E-state index contributed by atoms with van der Waals surface area (Å²) in [5.41, 5.74) is 0.782. The molecule has 0 heterocycles. The number of hydrogen-bond donors (Lipinski definition) is 2. The van der Waals surface area contributed by atoms with Gasteiger partial charge in [-0.2, -0.15) is 0 Å². The van der Waals surface area contributed by atoms with Crippen molar-refractivity contribution < 1.29 is 19.4 Å². The summed E-state index contributed by atoms with van der Waals surface area (Å²) in [6, 6.07) is 9.31. The average molecular weight is 291 g/mol. The fraction of sp³-hybridized carbons (Fsp3) is 0.500. The predicted molar refractivity (Wildman–Crippen MR) is 79.0 cm³/mol. The minimum absolute atomic E-state index is 0.0691. The summed E-state index contributed by atoms with van der Waals surface area (Å²) < 4.78 is 5.67. The first-order chi connectivity index (χ1) is 10.1. The first kappa shape index (κ1) is 15.5. The van der Waals surface area contributed by atoms with E-state index in [1.54, 1.807) is 0 Å². The molecule has 0 aromatic heterocycles. The van der Waals surface area contributed by atoms with E-state index in [-0.39, 0.29) is 17.9 Å². The predicted octanol–water partition coefficient (Wildman–Crippen LogP) is 2.68. The van der Waals surface area contributed by atoms with Crippen LogP contribution in [0.25, 0.3) is 0 Å². The zero-order chi connectivity index (χ0) is 15.1. The largest absolute Gasteiger partial charge is 0.481 e. The molecule has 2 N–H and O–H groups in total. The summed E-state index contributed by atoms with van der Waals surface area (Å²) in [5, 5.41) is 11.7. The minimum atomic E-state index is -0.712. The standard InChI is InChI=1S/C16H21NO4/c18-15(17-13-4-2-1-3-5-13)10-11-21-14-8-6-12(7-9-14)16(19)20/h1-5,12,14H,6-11H2,(H,17,18)(H,19,20). The van der Waals surface area contributed by atoms with Crippen molar-refractivity contribution >= 4 is 17.6 Å². The van der Waals surface area contributed by atoms with E-state index in [9.17, 15) is 9.59 Å². The van der Waals surface area contributed by atoms with Gasteiger partial charge in [0.25, 0.3) is 0 Å². The Hall–Kier alpha value is -1.88. The number of rotatable bonds is 6. The van der Waals surface area contributed by atoms with Crippen molar-refractivity contribution in [2.45, 2.75) is 38.2 Å². The van der Waals surface area contributed by atoms with E-state index in [0.29, 0.717) is 25.9 Å². The molecule has 0 atom stereocenters. The molecule has 1 amide bonds. The maximum atomic E-state index is 11.7. The third-order valence-electron chi connectivity index (χ3n) is 3.76. The number of carbonyl (C=O) groups is 2. The number of carboxylic acids is 1. The van der Waals surface area contributed by atoms with Crippen LogP contribution in [0.3, 0.4) is 0 Å². The van der Waals surface area contributed by atoms with Gasteiger partial charge in [0.15, 0.2) is 0 Å². The number of carboxylic acid groups (broad SMARTS) is 1. The second-order valence-corrected chi connectivity index (χ2v) is 5.35. The highest BCUT2D eigenvalue weighted by Gasteiger charge is 2.26. The van der Waals surface area contributed by atoms with Crippen LogP contribution in [-0.4, -0.2) is 29.7 Å². The van der Waals surface area contributed by atoms with Gasteiger partial charge in [0.05, 0.1) is 25.0 Å². The van der Waals surface area contributed by atoms with Crippen LogP contribution >= 0.6 is 0 Å². The van der Waals surface area contributed by atoms with Crippen LogP contribution < -0.4 is 5.32 Å².